The summed E-state index contributed by atoms with van der Waals surface area (Å²) in [4.78, 5) is 2.10. The van der Waals surface area contributed by atoms with Gasteiger partial charge in [0.05, 0.1) is 0 Å². The second kappa shape index (κ2) is 5.95. The average molecular weight is 227 g/mol. The molecule has 13 heavy (non-hydrogen) atoms. The molecule has 0 saturated carbocycles. The molecule has 8 heteroatoms. The highest BCUT2D eigenvalue weighted by Gasteiger charge is 2.12. The van der Waals surface area contributed by atoms with Crippen molar-refractivity contribution in [2.45, 2.75) is 0 Å². The van der Waals surface area contributed by atoms with Gasteiger partial charge < -0.3 is 10.2 Å². The number of tetrazole rings is 1. The SMILES string of the molecule is C1CN(c2nn[nH]n2)CCN1.Cl.Cl. The monoisotopic (exact) mass is 226 g/mol. The second-order valence-corrected chi connectivity index (χ2v) is 2.45. The highest BCUT2D eigenvalue weighted by molar-refractivity contribution is 5.85. The molecular weight excluding hydrogens is 215 g/mol. The fourth-order valence-electron chi connectivity index (χ4n) is 1.16. The van der Waals surface area contributed by atoms with Crippen molar-refractivity contribution in [1.29, 1.82) is 0 Å². The molecule has 0 amide bonds. The van der Waals surface area contributed by atoms with Gasteiger partial charge in [-0.2, -0.15) is 5.21 Å². The largest absolute Gasteiger partial charge is 0.336 e. The van der Waals surface area contributed by atoms with Crippen LogP contribution in [0.15, 0.2) is 0 Å². The normalized spacial score (nSPS) is 15.8. The van der Waals surface area contributed by atoms with E-state index in [0.29, 0.717) is 5.95 Å². The predicted octanol–water partition coefficient (Wildman–Crippen LogP) is -0.547. The van der Waals surface area contributed by atoms with Crippen LogP contribution in [0.2, 0.25) is 0 Å². The quantitative estimate of drug-likeness (QED) is 0.673. The molecule has 6 nitrogen and oxygen atoms in total. The smallest absolute Gasteiger partial charge is 0.265 e. The molecule has 0 unspecified atom stereocenters. The van der Waals surface area contributed by atoms with Crippen molar-refractivity contribution < 1.29 is 0 Å². The minimum atomic E-state index is 0. The number of H-pyrrole nitrogens is 1. The van der Waals surface area contributed by atoms with Crippen LogP contribution in [0.3, 0.4) is 0 Å². The first kappa shape index (κ1) is 12.4. The molecule has 1 aliphatic heterocycles. The molecule has 2 N–H and O–H groups in total. The Bertz CT molecular complexity index is 209. The summed E-state index contributed by atoms with van der Waals surface area (Å²) in [6.07, 6.45) is 0. The zero-order chi connectivity index (χ0) is 7.52. The summed E-state index contributed by atoms with van der Waals surface area (Å²) in [5, 5.41) is 17.0. The van der Waals surface area contributed by atoms with Crippen molar-refractivity contribution in [2.75, 3.05) is 31.1 Å². The fraction of sp³-hybridized carbons (Fsp3) is 0.800. The Morgan fingerprint density at radius 2 is 1.85 bits per heavy atom. The lowest BCUT2D eigenvalue weighted by atomic mass is 10.4. The summed E-state index contributed by atoms with van der Waals surface area (Å²) in [5.41, 5.74) is 0. The maximum atomic E-state index is 3.89. The lowest BCUT2D eigenvalue weighted by molar-refractivity contribution is 0.580. The van der Waals surface area contributed by atoms with Crippen LogP contribution in [0.1, 0.15) is 0 Å². The van der Waals surface area contributed by atoms with Gasteiger partial charge in [-0.15, -0.1) is 29.9 Å². The first-order valence-corrected chi connectivity index (χ1v) is 3.66. The summed E-state index contributed by atoms with van der Waals surface area (Å²) < 4.78 is 0. The van der Waals surface area contributed by atoms with E-state index in [-0.39, 0.29) is 24.8 Å². The third-order valence-electron chi connectivity index (χ3n) is 1.73. The van der Waals surface area contributed by atoms with Gasteiger partial charge in [0.2, 0.25) is 0 Å². The number of hydrogen-bond acceptors (Lipinski definition) is 5. The molecule has 1 saturated heterocycles. The zero-order valence-electron chi connectivity index (χ0n) is 6.93. The number of nitrogens with one attached hydrogen (secondary N) is 2. The molecule has 0 bridgehead atoms. The molecule has 1 aliphatic rings. The molecule has 0 atom stereocenters. The van der Waals surface area contributed by atoms with Gasteiger partial charge in [0.25, 0.3) is 5.95 Å². The maximum absolute atomic E-state index is 3.89. The van der Waals surface area contributed by atoms with Crippen LogP contribution in [0.25, 0.3) is 0 Å². The van der Waals surface area contributed by atoms with Crippen molar-refractivity contribution >= 4 is 30.8 Å². The summed E-state index contributed by atoms with van der Waals surface area (Å²) >= 11 is 0. The maximum Gasteiger partial charge on any atom is 0.265 e. The molecule has 2 rings (SSSR count). The van der Waals surface area contributed by atoms with Gasteiger partial charge in [-0.25, -0.2) is 0 Å². The van der Waals surface area contributed by atoms with Gasteiger partial charge in [0.15, 0.2) is 0 Å². The van der Waals surface area contributed by atoms with Crippen LogP contribution in [0, 0.1) is 0 Å². The van der Waals surface area contributed by atoms with Gasteiger partial charge in [0, 0.05) is 26.2 Å². The molecule has 0 spiro atoms. The molecule has 76 valence electrons. The van der Waals surface area contributed by atoms with Crippen LogP contribution >= 0.6 is 24.8 Å². The van der Waals surface area contributed by atoms with Crippen LogP contribution in [0.5, 0.6) is 0 Å². The van der Waals surface area contributed by atoms with E-state index in [4.69, 9.17) is 0 Å². The van der Waals surface area contributed by atoms with E-state index in [1.807, 2.05) is 0 Å². The van der Waals surface area contributed by atoms with Crippen LogP contribution in [-0.2, 0) is 0 Å². The number of rotatable bonds is 1. The Hall–Kier alpha value is -0.590. The Morgan fingerprint density at radius 3 is 2.38 bits per heavy atom. The molecule has 0 radical (unpaired) electrons. The van der Waals surface area contributed by atoms with Gasteiger partial charge in [0.1, 0.15) is 0 Å². The third-order valence-corrected chi connectivity index (χ3v) is 1.73. The van der Waals surface area contributed by atoms with Gasteiger partial charge in [-0.1, -0.05) is 5.10 Å². The molecule has 1 fully saturated rings. The van der Waals surface area contributed by atoms with Crippen molar-refractivity contribution in [3.8, 4) is 0 Å². The van der Waals surface area contributed by atoms with E-state index in [1.54, 1.807) is 0 Å². The third kappa shape index (κ3) is 2.98. The molecule has 2 heterocycles. The topological polar surface area (TPSA) is 69.7 Å². The minimum Gasteiger partial charge on any atom is -0.336 e. The summed E-state index contributed by atoms with van der Waals surface area (Å²) in [6.45, 7) is 3.90. The Balaban J connectivity index is 0.000000720. The number of aromatic nitrogens is 4. The Morgan fingerprint density at radius 1 is 1.15 bits per heavy atom. The number of hydrogen-bond donors (Lipinski definition) is 2. The van der Waals surface area contributed by atoms with Crippen molar-refractivity contribution in [3.05, 3.63) is 0 Å². The second-order valence-electron chi connectivity index (χ2n) is 2.45. The van der Waals surface area contributed by atoms with Crippen molar-refractivity contribution in [2.24, 2.45) is 0 Å². The van der Waals surface area contributed by atoms with E-state index in [1.165, 1.54) is 0 Å². The zero-order valence-corrected chi connectivity index (χ0v) is 8.57. The molecule has 1 aromatic heterocycles. The highest BCUT2D eigenvalue weighted by Crippen LogP contribution is 2.02. The number of anilines is 1. The first-order chi connectivity index (χ1) is 5.47. The number of nitrogens with zero attached hydrogens (tertiary/aromatic N) is 4. The van der Waals surface area contributed by atoms with Crippen LogP contribution < -0.4 is 10.2 Å². The lowest BCUT2D eigenvalue weighted by Gasteiger charge is -2.25. The van der Waals surface area contributed by atoms with Crippen molar-refractivity contribution in [3.63, 3.8) is 0 Å². The fourth-order valence-corrected chi connectivity index (χ4v) is 1.16. The predicted molar refractivity (Wildman–Crippen MR) is 53.8 cm³/mol. The van der Waals surface area contributed by atoms with Gasteiger partial charge in [-0.3, -0.25) is 0 Å². The molecule has 0 aromatic carbocycles. The number of halogens is 2. The average Bonchev–Trinajstić information content (AvgIpc) is 2.58. The summed E-state index contributed by atoms with van der Waals surface area (Å²) in [7, 11) is 0. The Kier molecular flexibility index (Phi) is 5.68. The van der Waals surface area contributed by atoms with Gasteiger partial charge >= 0.3 is 0 Å². The summed E-state index contributed by atoms with van der Waals surface area (Å²) in [5.74, 6) is 0.700. The molecule has 1 aromatic rings. The minimum absolute atomic E-state index is 0. The van der Waals surface area contributed by atoms with Crippen molar-refractivity contribution in [1.82, 2.24) is 25.9 Å². The molecule has 0 aliphatic carbocycles. The van der Waals surface area contributed by atoms with E-state index >= 15 is 0 Å². The lowest BCUT2D eigenvalue weighted by Crippen LogP contribution is -2.44. The van der Waals surface area contributed by atoms with E-state index in [0.717, 1.165) is 26.2 Å². The van der Waals surface area contributed by atoms with Crippen LogP contribution in [0.4, 0.5) is 5.95 Å². The number of piperazine rings is 1. The first-order valence-electron chi connectivity index (χ1n) is 3.66. The van der Waals surface area contributed by atoms with E-state index in [2.05, 4.69) is 30.8 Å². The van der Waals surface area contributed by atoms with E-state index in [9.17, 15) is 0 Å². The highest BCUT2D eigenvalue weighted by atomic mass is 35.5. The Labute approximate surface area is 88.3 Å². The standard InChI is InChI=1S/C5H10N6.2ClH/c1-3-11(4-2-6-1)5-7-9-10-8-5;;/h6H,1-4H2,(H,7,8,9,10);2*1H. The summed E-state index contributed by atoms with van der Waals surface area (Å²) in [6, 6.07) is 0. The van der Waals surface area contributed by atoms with Gasteiger partial charge in [-0.05, 0) is 5.21 Å². The molecular formula is C5H12Cl2N6. The van der Waals surface area contributed by atoms with Crippen LogP contribution in [-0.4, -0.2) is 46.8 Å². The van der Waals surface area contributed by atoms with E-state index < -0.39 is 0 Å². The number of aromatic amines is 1.